The number of methoxy groups -OCH3 is 1. The first-order valence-electron chi connectivity index (χ1n) is 10.4. The van der Waals surface area contributed by atoms with Crippen molar-refractivity contribution in [1.29, 1.82) is 0 Å². The average Bonchev–Trinajstić information content (AvgIpc) is 3.26. The van der Waals surface area contributed by atoms with E-state index < -0.39 is 23.8 Å². The molecule has 0 aliphatic heterocycles. The average molecular weight is 498 g/mol. The lowest BCUT2D eigenvalue weighted by atomic mass is 10.2. The number of hydrogen-bond acceptors (Lipinski definition) is 9. The van der Waals surface area contributed by atoms with Gasteiger partial charge in [-0.1, -0.05) is 12.1 Å². The van der Waals surface area contributed by atoms with E-state index in [2.05, 4.69) is 25.9 Å². The summed E-state index contributed by atoms with van der Waals surface area (Å²) in [7, 11) is 1.16. The molecule has 0 saturated heterocycles. The largest absolute Gasteiger partial charge is 0.508 e. The van der Waals surface area contributed by atoms with Gasteiger partial charge in [-0.05, 0) is 36.2 Å². The van der Waals surface area contributed by atoms with Crippen molar-refractivity contribution in [3.05, 3.63) is 75.5 Å². The molecule has 0 spiro atoms. The Hall–Kier alpha value is -4.32. The molecule has 1 unspecified atom stereocenters. The van der Waals surface area contributed by atoms with Crippen molar-refractivity contribution < 1.29 is 29.0 Å². The van der Waals surface area contributed by atoms with Crippen molar-refractivity contribution in [2.24, 2.45) is 0 Å². The number of phenolic OH excluding ortho intramolecular Hbond substituents is 1. The van der Waals surface area contributed by atoms with Crippen LogP contribution in [0.2, 0.25) is 0 Å². The molecule has 35 heavy (non-hydrogen) atoms. The van der Waals surface area contributed by atoms with Crippen LogP contribution in [0.25, 0.3) is 0 Å². The molecule has 2 heterocycles. The van der Waals surface area contributed by atoms with Crippen LogP contribution in [0.15, 0.2) is 48.9 Å². The van der Waals surface area contributed by atoms with Gasteiger partial charge in [0.2, 0.25) is 0 Å². The molecule has 0 bridgehead atoms. The number of nitrogens with one attached hydrogen (secondary N) is 3. The maximum absolute atomic E-state index is 12.9. The van der Waals surface area contributed by atoms with Gasteiger partial charge in [0, 0.05) is 25.5 Å². The predicted molar refractivity (Wildman–Crippen MR) is 126 cm³/mol. The van der Waals surface area contributed by atoms with E-state index in [0.717, 1.165) is 18.4 Å². The van der Waals surface area contributed by atoms with Crippen molar-refractivity contribution in [3.63, 3.8) is 0 Å². The SMILES string of the molecule is COC(=O)C(CNC(=O)c1cnccn1)NC(=O)c1sc(C(=O)NCc2cccc(O)c2)cc1C. The van der Waals surface area contributed by atoms with Crippen molar-refractivity contribution in [2.75, 3.05) is 13.7 Å². The van der Waals surface area contributed by atoms with Crippen molar-refractivity contribution >= 4 is 35.0 Å². The van der Waals surface area contributed by atoms with E-state index in [1.54, 1.807) is 25.1 Å². The Morgan fingerprint density at radius 1 is 1.09 bits per heavy atom. The minimum Gasteiger partial charge on any atom is -0.508 e. The lowest BCUT2D eigenvalue weighted by Gasteiger charge is -2.17. The van der Waals surface area contributed by atoms with E-state index in [1.807, 2.05) is 0 Å². The van der Waals surface area contributed by atoms with Gasteiger partial charge in [-0.3, -0.25) is 19.4 Å². The third-order valence-corrected chi connectivity index (χ3v) is 6.00. The quantitative estimate of drug-likeness (QED) is 0.321. The summed E-state index contributed by atoms with van der Waals surface area (Å²) >= 11 is 0.965. The molecule has 11 nitrogen and oxygen atoms in total. The summed E-state index contributed by atoms with van der Waals surface area (Å²) in [6.07, 6.45) is 4.04. The number of esters is 1. The third-order valence-electron chi connectivity index (χ3n) is 4.77. The summed E-state index contributed by atoms with van der Waals surface area (Å²) in [4.78, 5) is 58.0. The summed E-state index contributed by atoms with van der Waals surface area (Å²) < 4.78 is 4.73. The number of aryl methyl sites for hydroxylation is 1. The highest BCUT2D eigenvalue weighted by Crippen LogP contribution is 2.22. The smallest absolute Gasteiger partial charge is 0.330 e. The number of hydrogen-bond donors (Lipinski definition) is 4. The maximum atomic E-state index is 12.9. The molecule has 1 atom stereocenters. The number of carbonyl (C=O) groups excluding carboxylic acids is 4. The van der Waals surface area contributed by atoms with Gasteiger partial charge < -0.3 is 25.8 Å². The van der Waals surface area contributed by atoms with Gasteiger partial charge in [0.15, 0.2) is 0 Å². The van der Waals surface area contributed by atoms with Gasteiger partial charge in [-0.2, -0.15) is 0 Å². The fourth-order valence-electron chi connectivity index (χ4n) is 3.02. The molecule has 12 heteroatoms. The number of carbonyl (C=O) groups is 4. The molecule has 1 aromatic carbocycles. The zero-order valence-corrected chi connectivity index (χ0v) is 19.7. The third kappa shape index (κ3) is 6.84. The van der Waals surface area contributed by atoms with Gasteiger partial charge in [0.25, 0.3) is 17.7 Å². The van der Waals surface area contributed by atoms with Gasteiger partial charge in [0.05, 0.1) is 23.1 Å². The highest BCUT2D eigenvalue weighted by molar-refractivity contribution is 7.16. The molecule has 3 amide bonds. The number of aromatic nitrogens is 2. The molecule has 4 N–H and O–H groups in total. The van der Waals surface area contributed by atoms with E-state index in [-0.39, 0.29) is 35.3 Å². The molecular weight excluding hydrogens is 474 g/mol. The lowest BCUT2D eigenvalue weighted by Crippen LogP contribution is -2.49. The van der Waals surface area contributed by atoms with Crippen LogP contribution < -0.4 is 16.0 Å². The number of ether oxygens (including phenoxy) is 1. The fraction of sp³-hybridized carbons (Fsp3) is 0.217. The second-order valence-corrected chi connectivity index (χ2v) is 8.38. The molecule has 0 radical (unpaired) electrons. The number of benzene rings is 1. The van der Waals surface area contributed by atoms with Crippen LogP contribution in [0.5, 0.6) is 5.75 Å². The van der Waals surface area contributed by atoms with Crippen LogP contribution in [0, 0.1) is 6.92 Å². The first-order valence-corrected chi connectivity index (χ1v) is 11.2. The number of nitrogens with zero attached hydrogens (tertiary/aromatic N) is 2. The highest BCUT2D eigenvalue weighted by atomic mass is 32.1. The minimum absolute atomic E-state index is 0.0536. The number of thiophene rings is 1. The van der Waals surface area contributed by atoms with Gasteiger partial charge in [-0.15, -0.1) is 11.3 Å². The molecule has 182 valence electrons. The standard InChI is InChI=1S/C23H23N5O6S/c1-13-8-18(21(31)26-10-14-4-3-5-15(29)9-14)35-19(13)22(32)28-17(23(33)34-2)12-27-20(30)16-11-24-6-7-25-16/h3-9,11,17,29H,10,12H2,1-2H3,(H,26,31)(H,27,30)(H,28,32). The molecule has 3 rings (SSSR count). The van der Waals surface area contributed by atoms with Gasteiger partial charge in [-0.25, -0.2) is 9.78 Å². The van der Waals surface area contributed by atoms with Gasteiger partial charge >= 0.3 is 5.97 Å². The summed E-state index contributed by atoms with van der Waals surface area (Å²) in [5.41, 5.74) is 1.31. The summed E-state index contributed by atoms with van der Waals surface area (Å²) in [6.45, 7) is 1.62. The van der Waals surface area contributed by atoms with E-state index in [4.69, 9.17) is 4.74 Å². The predicted octanol–water partition coefficient (Wildman–Crippen LogP) is 1.18. The van der Waals surface area contributed by atoms with Crippen molar-refractivity contribution in [1.82, 2.24) is 25.9 Å². The number of rotatable bonds is 9. The van der Waals surface area contributed by atoms with Gasteiger partial charge in [0.1, 0.15) is 17.5 Å². The molecular formula is C23H23N5O6S. The zero-order valence-electron chi connectivity index (χ0n) is 18.9. The molecule has 2 aromatic heterocycles. The molecule has 0 aliphatic carbocycles. The first-order chi connectivity index (χ1) is 16.8. The normalized spacial score (nSPS) is 11.3. The van der Waals surface area contributed by atoms with Crippen LogP contribution >= 0.6 is 11.3 Å². The Morgan fingerprint density at radius 2 is 1.89 bits per heavy atom. The van der Waals surface area contributed by atoms with Crippen LogP contribution in [-0.2, 0) is 16.1 Å². The van der Waals surface area contributed by atoms with E-state index >= 15 is 0 Å². The van der Waals surface area contributed by atoms with E-state index in [9.17, 15) is 24.3 Å². The molecule has 0 fully saturated rings. The van der Waals surface area contributed by atoms with Crippen molar-refractivity contribution in [2.45, 2.75) is 19.5 Å². The maximum Gasteiger partial charge on any atom is 0.330 e. The first kappa shape index (κ1) is 25.3. The Labute approximate surface area is 204 Å². The Kier molecular flexibility index (Phi) is 8.46. The zero-order chi connectivity index (χ0) is 25.4. The number of amides is 3. The Balaban J connectivity index is 1.63. The lowest BCUT2D eigenvalue weighted by molar-refractivity contribution is -0.142. The van der Waals surface area contributed by atoms with Crippen LogP contribution in [-0.4, -0.2) is 58.5 Å². The molecule has 0 aliphatic rings. The highest BCUT2D eigenvalue weighted by Gasteiger charge is 2.26. The van der Waals surface area contributed by atoms with Crippen molar-refractivity contribution in [3.8, 4) is 5.75 Å². The van der Waals surface area contributed by atoms with Crippen LogP contribution in [0.1, 0.15) is 41.0 Å². The second-order valence-electron chi connectivity index (χ2n) is 7.33. The monoisotopic (exact) mass is 497 g/mol. The second kappa shape index (κ2) is 11.7. The minimum atomic E-state index is -1.17. The molecule has 0 saturated carbocycles. The summed E-state index contributed by atoms with van der Waals surface area (Å²) in [6, 6.07) is 6.89. The summed E-state index contributed by atoms with van der Waals surface area (Å²) in [5.74, 6) is -2.21. The Bertz CT molecular complexity index is 1230. The van der Waals surface area contributed by atoms with Crippen LogP contribution in [0.4, 0.5) is 0 Å². The Morgan fingerprint density at radius 3 is 2.57 bits per heavy atom. The van der Waals surface area contributed by atoms with E-state index in [0.29, 0.717) is 16.0 Å². The number of phenols is 1. The topological polar surface area (TPSA) is 160 Å². The fourth-order valence-corrected chi connectivity index (χ4v) is 4.01. The van der Waals surface area contributed by atoms with Crippen LogP contribution in [0.3, 0.4) is 0 Å². The summed E-state index contributed by atoms with van der Waals surface area (Å²) in [5, 5.41) is 17.3. The molecule has 3 aromatic rings. The van der Waals surface area contributed by atoms with E-state index in [1.165, 1.54) is 30.7 Å². The number of aromatic hydroxyl groups is 1.